The summed E-state index contributed by atoms with van der Waals surface area (Å²) in [4.78, 5) is 15.4. The summed E-state index contributed by atoms with van der Waals surface area (Å²) in [6.07, 6.45) is 1.83. The predicted octanol–water partition coefficient (Wildman–Crippen LogP) is 15.4. The third-order valence-corrected chi connectivity index (χ3v) is 13.6. The quantitative estimate of drug-likeness (QED) is 0.173. The Bertz CT molecular complexity index is 3590. The lowest BCUT2D eigenvalue weighted by Crippen LogP contribution is -2.29. The van der Waals surface area contributed by atoms with E-state index >= 15 is 0 Å². The third-order valence-electron chi connectivity index (χ3n) is 13.6. The second-order valence-corrected chi connectivity index (χ2v) is 17.1. The van der Waals surface area contributed by atoms with Gasteiger partial charge in [0.05, 0.1) is 22.5 Å². The molecule has 11 aromatic rings. The van der Waals surface area contributed by atoms with E-state index in [2.05, 4.69) is 217 Å². The van der Waals surface area contributed by atoms with E-state index in [9.17, 15) is 0 Å². The van der Waals surface area contributed by atoms with Crippen LogP contribution >= 0.6 is 0 Å². The van der Waals surface area contributed by atoms with Gasteiger partial charge in [0.1, 0.15) is 0 Å². The molecule has 65 heavy (non-hydrogen) atoms. The molecule has 0 N–H and O–H groups in total. The molecule has 2 aliphatic carbocycles. The van der Waals surface area contributed by atoms with Gasteiger partial charge in [-0.3, -0.25) is 4.98 Å². The zero-order valence-corrected chi connectivity index (χ0v) is 35.4. The van der Waals surface area contributed by atoms with Crippen LogP contribution in [0.15, 0.2) is 237 Å². The number of pyridine rings is 1. The number of nitrogens with zero attached hydrogens (tertiary/aromatic N) is 3. The summed E-state index contributed by atoms with van der Waals surface area (Å²) in [6, 6.07) is 83.4. The Morgan fingerprint density at radius 2 is 0.723 bits per heavy atom. The van der Waals surface area contributed by atoms with Gasteiger partial charge < -0.3 is 0 Å². The Labute approximate surface area is 378 Å². The molecule has 0 fully saturated rings. The van der Waals surface area contributed by atoms with Crippen LogP contribution in [0.5, 0.6) is 0 Å². The van der Waals surface area contributed by atoms with Crippen molar-refractivity contribution in [3.8, 4) is 89.7 Å². The highest BCUT2D eigenvalue weighted by atomic mass is 14.9. The van der Waals surface area contributed by atoms with E-state index in [-0.39, 0.29) is 0 Å². The van der Waals surface area contributed by atoms with Crippen LogP contribution in [0.4, 0.5) is 0 Å². The fraction of sp³-hybridized carbons (Fsp3) is 0.0161. The van der Waals surface area contributed by atoms with Crippen molar-refractivity contribution in [3.63, 3.8) is 0 Å². The van der Waals surface area contributed by atoms with Crippen molar-refractivity contribution >= 4 is 10.8 Å². The molecule has 0 bridgehead atoms. The molecule has 2 aliphatic rings. The highest BCUT2D eigenvalue weighted by Crippen LogP contribution is 2.61. The Balaban J connectivity index is 1.02. The molecule has 13 rings (SSSR count). The van der Waals surface area contributed by atoms with Gasteiger partial charge in [0.2, 0.25) is 0 Å². The number of hydrogen-bond acceptors (Lipinski definition) is 3. The Kier molecular flexibility index (Phi) is 8.44. The highest BCUT2D eigenvalue weighted by Gasteiger charge is 2.49. The summed E-state index contributed by atoms with van der Waals surface area (Å²) in [5.41, 5.74) is 21.1. The van der Waals surface area contributed by atoms with Crippen molar-refractivity contribution in [1.82, 2.24) is 15.0 Å². The lowest BCUT2D eigenvalue weighted by Gasteiger charge is -2.35. The molecule has 2 heterocycles. The number of fused-ring (bicyclic) bond motifs is 13. The summed E-state index contributed by atoms with van der Waals surface area (Å²) < 4.78 is 0. The van der Waals surface area contributed by atoms with Crippen molar-refractivity contribution in [1.29, 1.82) is 0 Å². The van der Waals surface area contributed by atoms with Crippen molar-refractivity contribution in [2.75, 3.05) is 0 Å². The highest BCUT2D eigenvalue weighted by molar-refractivity contribution is 5.99. The van der Waals surface area contributed by atoms with Crippen LogP contribution in [0.2, 0.25) is 0 Å². The van der Waals surface area contributed by atoms with E-state index < -0.39 is 5.41 Å². The molecule has 0 saturated heterocycles. The molecule has 0 aliphatic heterocycles. The first kappa shape index (κ1) is 37.1. The molecular formula is C62H39N3. The van der Waals surface area contributed by atoms with Gasteiger partial charge >= 0.3 is 0 Å². The molecule has 9 aromatic carbocycles. The molecule has 0 amide bonds. The van der Waals surface area contributed by atoms with Gasteiger partial charge in [-0.2, -0.15) is 0 Å². The molecular weight excluding hydrogens is 787 g/mol. The van der Waals surface area contributed by atoms with E-state index in [1.54, 1.807) is 0 Å². The molecule has 1 spiro atoms. The summed E-state index contributed by atoms with van der Waals surface area (Å²) in [5.74, 6) is 0.674. The van der Waals surface area contributed by atoms with Crippen molar-refractivity contribution in [3.05, 3.63) is 259 Å². The molecule has 0 radical (unpaired) electrons. The van der Waals surface area contributed by atoms with Crippen LogP contribution in [-0.4, -0.2) is 15.0 Å². The lowest BCUT2D eigenvalue weighted by molar-refractivity contribution is 0.775. The van der Waals surface area contributed by atoms with Gasteiger partial charge in [-0.1, -0.05) is 206 Å². The maximum Gasteiger partial charge on any atom is 0.160 e. The fourth-order valence-electron chi connectivity index (χ4n) is 10.7. The molecule has 3 nitrogen and oxygen atoms in total. The first-order chi connectivity index (χ1) is 32.2. The number of hydrogen-bond donors (Lipinski definition) is 0. The first-order valence-corrected chi connectivity index (χ1v) is 22.3. The van der Waals surface area contributed by atoms with Gasteiger partial charge in [0.15, 0.2) is 5.82 Å². The number of rotatable bonds is 5. The molecule has 0 saturated carbocycles. The van der Waals surface area contributed by atoms with Crippen LogP contribution < -0.4 is 0 Å². The maximum atomic E-state index is 5.42. The second-order valence-electron chi connectivity index (χ2n) is 17.1. The van der Waals surface area contributed by atoms with Gasteiger partial charge in [0, 0.05) is 28.5 Å². The van der Waals surface area contributed by atoms with E-state index in [0.29, 0.717) is 5.82 Å². The van der Waals surface area contributed by atoms with Gasteiger partial charge in [-0.05, 0) is 102 Å². The molecule has 3 heteroatoms. The normalized spacial score (nSPS) is 12.7. The fourth-order valence-corrected chi connectivity index (χ4v) is 10.7. The van der Waals surface area contributed by atoms with Gasteiger partial charge in [-0.15, -0.1) is 0 Å². The SMILES string of the molecule is c1ccc(-c2ccc(-c3cc(-c4ccc(-c5cccc6ccccc56)cc4)nc(-c4ccc5c(c4)-c4ccccc4-c4ccccc4C54c5ccccc5-c5ccccc54)n3)cc2)nc1. The molecule has 2 aromatic heterocycles. The van der Waals surface area contributed by atoms with Crippen LogP contribution in [0.25, 0.3) is 100 Å². The molecule has 0 unspecified atom stereocenters. The van der Waals surface area contributed by atoms with Crippen LogP contribution in [0.1, 0.15) is 22.3 Å². The van der Waals surface area contributed by atoms with E-state index in [1.807, 2.05) is 24.4 Å². The minimum atomic E-state index is -0.550. The van der Waals surface area contributed by atoms with E-state index in [1.165, 1.54) is 77.5 Å². The maximum absolute atomic E-state index is 5.42. The third kappa shape index (κ3) is 5.79. The number of benzene rings is 9. The lowest BCUT2D eigenvalue weighted by atomic mass is 9.66. The van der Waals surface area contributed by atoms with Crippen molar-refractivity contribution in [2.24, 2.45) is 0 Å². The smallest absolute Gasteiger partial charge is 0.160 e. The van der Waals surface area contributed by atoms with E-state index in [0.717, 1.165) is 39.3 Å². The van der Waals surface area contributed by atoms with Crippen molar-refractivity contribution in [2.45, 2.75) is 5.41 Å². The topological polar surface area (TPSA) is 38.7 Å². The Hall–Kier alpha value is -8.53. The zero-order chi connectivity index (χ0) is 42.9. The second kappa shape index (κ2) is 14.8. The monoisotopic (exact) mass is 825 g/mol. The van der Waals surface area contributed by atoms with Gasteiger partial charge in [0.25, 0.3) is 0 Å². The summed E-state index contributed by atoms with van der Waals surface area (Å²) in [5, 5.41) is 2.47. The van der Waals surface area contributed by atoms with Crippen molar-refractivity contribution < 1.29 is 0 Å². The van der Waals surface area contributed by atoms with Crippen LogP contribution in [-0.2, 0) is 5.41 Å². The summed E-state index contributed by atoms with van der Waals surface area (Å²) in [7, 11) is 0. The van der Waals surface area contributed by atoms with Crippen LogP contribution in [0, 0.1) is 0 Å². The first-order valence-electron chi connectivity index (χ1n) is 22.3. The Morgan fingerprint density at radius 3 is 1.34 bits per heavy atom. The largest absolute Gasteiger partial charge is 0.256 e. The zero-order valence-electron chi connectivity index (χ0n) is 35.4. The molecule has 0 atom stereocenters. The minimum absolute atomic E-state index is 0.550. The standard InChI is InChI=1S/C62H39N3/c1-2-16-46-40(14-1)15-13-22-47(46)41-27-29-43(30-28-41)59-39-60(44-33-31-42(32-34-44)58-26-11-12-37-63-58)65-61(64-59)45-35-36-57-53(38-45)49-18-4-3-17-48(49)50-19-5-8-23-54(50)62(57)55-24-9-6-20-51(55)52-21-7-10-25-56(52)62/h1-39H. The van der Waals surface area contributed by atoms with Crippen LogP contribution in [0.3, 0.4) is 0 Å². The summed E-state index contributed by atoms with van der Waals surface area (Å²) >= 11 is 0. The average Bonchev–Trinajstić information content (AvgIpc) is 3.63. The Morgan fingerprint density at radius 1 is 0.277 bits per heavy atom. The predicted molar refractivity (Wildman–Crippen MR) is 266 cm³/mol. The average molecular weight is 826 g/mol. The molecule has 302 valence electrons. The van der Waals surface area contributed by atoms with E-state index in [4.69, 9.17) is 9.97 Å². The minimum Gasteiger partial charge on any atom is -0.256 e. The summed E-state index contributed by atoms with van der Waals surface area (Å²) in [6.45, 7) is 0. The van der Waals surface area contributed by atoms with Gasteiger partial charge in [-0.25, -0.2) is 9.97 Å². The number of aromatic nitrogens is 3.